The predicted molar refractivity (Wildman–Crippen MR) is 91.5 cm³/mol. The lowest BCUT2D eigenvalue weighted by atomic mass is 9.81. The summed E-state index contributed by atoms with van der Waals surface area (Å²) in [7, 11) is 0. The molecule has 0 aliphatic rings. The van der Waals surface area contributed by atoms with Gasteiger partial charge in [0.2, 0.25) is 0 Å². The molecule has 0 saturated carbocycles. The largest absolute Gasteiger partial charge is 0.305 e. The maximum Gasteiger partial charge on any atom is 0.0307 e. The van der Waals surface area contributed by atoms with Crippen molar-refractivity contribution in [3.05, 3.63) is 32.7 Å². The van der Waals surface area contributed by atoms with Gasteiger partial charge in [-0.25, -0.2) is 0 Å². The van der Waals surface area contributed by atoms with Crippen molar-refractivity contribution in [3.8, 4) is 0 Å². The van der Waals surface area contributed by atoms with Crippen LogP contribution in [0.2, 0.25) is 0 Å². The average Bonchev–Trinajstić information content (AvgIpc) is 2.11. The first kappa shape index (κ1) is 17.2. The zero-order valence-electron chi connectivity index (χ0n) is 12.8. The molecule has 3 heteroatoms. The third-order valence-corrected chi connectivity index (χ3v) is 4.19. The summed E-state index contributed by atoms with van der Waals surface area (Å²) < 4.78 is 2.25. The maximum absolute atomic E-state index is 3.74. The number of nitrogens with one attached hydrogen (secondary N) is 1. The Morgan fingerprint density at radius 3 is 2.16 bits per heavy atom. The Hall–Kier alpha value is 0.140. The normalized spacial score (nSPS) is 14.5. The minimum atomic E-state index is 0.115. The van der Waals surface area contributed by atoms with Gasteiger partial charge in [0, 0.05) is 20.5 Å². The summed E-state index contributed by atoms with van der Waals surface area (Å²) in [6.07, 6.45) is 1.14. The zero-order chi connectivity index (χ0) is 14.8. The van der Waals surface area contributed by atoms with Gasteiger partial charge in [-0.05, 0) is 50.3 Å². The van der Waals surface area contributed by atoms with Gasteiger partial charge in [0.15, 0.2) is 0 Å². The number of hydrogen-bond acceptors (Lipinski definition) is 1. The van der Waals surface area contributed by atoms with Crippen LogP contribution >= 0.6 is 31.9 Å². The first-order chi connectivity index (χ1) is 8.50. The van der Waals surface area contributed by atoms with Gasteiger partial charge in [-0.1, -0.05) is 58.7 Å². The minimum Gasteiger partial charge on any atom is -0.305 e. The van der Waals surface area contributed by atoms with E-state index in [0.29, 0.717) is 11.5 Å². The van der Waals surface area contributed by atoms with Gasteiger partial charge in [-0.3, -0.25) is 0 Å². The fourth-order valence-electron chi connectivity index (χ4n) is 2.89. The van der Waals surface area contributed by atoms with E-state index in [-0.39, 0.29) is 5.54 Å². The summed E-state index contributed by atoms with van der Waals surface area (Å²) >= 11 is 7.14. The second-order valence-electron chi connectivity index (χ2n) is 7.15. The Balaban J connectivity index is 2.81. The maximum atomic E-state index is 3.74. The summed E-state index contributed by atoms with van der Waals surface area (Å²) in [4.78, 5) is 0. The van der Waals surface area contributed by atoms with Crippen LogP contribution in [0, 0.1) is 5.41 Å². The van der Waals surface area contributed by atoms with E-state index in [1.54, 1.807) is 0 Å². The highest BCUT2D eigenvalue weighted by Gasteiger charge is 2.27. The predicted octanol–water partition coefficient (Wildman–Crippen LogP) is 6.08. The van der Waals surface area contributed by atoms with Crippen LogP contribution in [0.25, 0.3) is 0 Å². The molecule has 1 rings (SSSR count). The summed E-state index contributed by atoms with van der Waals surface area (Å²) in [6.45, 7) is 13.6. The summed E-state index contributed by atoms with van der Waals surface area (Å²) in [5.74, 6) is 0. The lowest BCUT2D eigenvalue weighted by Gasteiger charge is -2.36. The van der Waals surface area contributed by atoms with Crippen LogP contribution in [0.5, 0.6) is 0 Å². The van der Waals surface area contributed by atoms with Crippen molar-refractivity contribution in [2.45, 2.75) is 59.5 Å². The monoisotopic (exact) mass is 389 g/mol. The molecule has 1 nitrogen and oxygen atoms in total. The van der Waals surface area contributed by atoms with E-state index in [1.165, 1.54) is 5.56 Å². The molecule has 1 N–H and O–H groups in total. The van der Waals surface area contributed by atoms with E-state index in [9.17, 15) is 0 Å². The Bertz CT molecular complexity index is 433. The third-order valence-electron chi connectivity index (χ3n) is 3.01. The Morgan fingerprint density at radius 2 is 1.68 bits per heavy atom. The van der Waals surface area contributed by atoms with E-state index in [2.05, 4.69) is 96.9 Å². The van der Waals surface area contributed by atoms with E-state index in [0.717, 1.165) is 15.4 Å². The Labute approximate surface area is 134 Å². The van der Waals surface area contributed by atoms with Gasteiger partial charge in [0.1, 0.15) is 0 Å². The molecule has 1 aromatic carbocycles. The van der Waals surface area contributed by atoms with Crippen molar-refractivity contribution in [3.63, 3.8) is 0 Å². The summed E-state index contributed by atoms with van der Waals surface area (Å²) in [5, 5.41) is 3.74. The van der Waals surface area contributed by atoms with Gasteiger partial charge in [0.05, 0.1) is 0 Å². The van der Waals surface area contributed by atoms with Crippen molar-refractivity contribution < 1.29 is 0 Å². The van der Waals surface area contributed by atoms with Crippen molar-refractivity contribution in [1.82, 2.24) is 5.32 Å². The van der Waals surface area contributed by atoms with Crippen LogP contribution in [0.15, 0.2) is 27.1 Å². The number of halogens is 2. The molecule has 0 saturated heterocycles. The smallest absolute Gasteiger partial charge is 0.0307 e. The molecule has 19 heavy (non-hydrogen) atoms. The van der Waals surface area contributed by atoms with Gasteiger partial charge < -0.3 is 5.32 Å². The van der Waals surface area contributed by atoms with Crippen molar-refractivity contribution in [2.24, 2.45) is 5.41 Å². The molecule has 1 aromatic rings. The molecule has 0 aliphatic carbocycles. The van der Waals surface area contributed by atoms with E-state index in [4.69, 9.17) is 0 Å². The van der Waals surface area contributed by atoms with Crippen LogP contribution in [-0.4, -0.2) is 5.54 Å². The van der Waals surface area contributed by atoms with E-state index < -0.39 is 0 Å². The van der Waals surface area contributed by atoms with E-state index >= 15 is 0 Å². The van der Waals surface area contributed by atoms with Crippen LogP contribution < -0.4 is 5.32 Å². The molecule has 0 aliphatic heterocycles. The van der Waals surface area contributed by atoms with Crippen LogP contribution in [-0.2, 0) is 0 Å². The highest BCUT2D eigenvalue weighted by molar-refractivity contribution is 9.11. The molecule has 0 heterocycles. The molecule has 0 spiro atoms. The van der Waals surface area contributed by atoms with Crippen molar-refractivity contribution in [1.29, 1.82) is 0 Å². The lowest BCUT2D eigenvalue weighted by molar-refractivity contribution is 0.226. The topological polar surface area (TPSA) is 12.0 Å². The first-order valence-corrected chi connectivity index (χ1v) is 8.31. The van der Waals surface area contributed by atoms with Gasteiger partial charge in [-0.15, -0.1) is 0 Å². The molecule has 0 radical (unpaired) electrons. The number of benzene rings is 1. The van der Waals surface area contributed by atoms with Crippen molar-refractivity contribution >= 4 is 31.9 Å². The lowest BCUT2D eigenvalue weighted by Crippen LogP contribution is -2.43. The molecule has 0 amide bonds. The molecule has 108 valence electrons. The molecule has 1 unspecified atom stereocenters. The molecule has 0 aromatic heterocycles. The van der Waals surface area contributed by atoms with Crippen LogP contribution in [0.4, 0.5) is 0 Å². The van der Waals surface area contributed by atoms with E-state index in [1.807, 2.05) is 0 Å². The standard InChI is InChI=1S/C16H25Br2N/c1-11(13-8-7-12(17)9-14(13)18)19-16(5,6)10-15(2,3)4/h7-9,11,19H,10H2,1-6H3. The van der Waals surface area contributed by atoms with Gasteiger partial charge >= 0.3 is 0 Å². The highest BCUT2D eigenvalue weighted by atomic mass is 79.9. The number of rotatable bonds is 4. The Kier molecular flexibility index (Phi) is 5.68. The highest BCUT2D eigenvalue weighted by Crippen LogP contribution is 2.31. The molecular formula is C16H25Br2N. The molecule has 1 atom stereocenters. The zero-order valence-corrected chi connectivity index (χ0v) is 15.9. The first-order valence-electron chi connectivity index (χ1n) is 6.73. The van der Waals surface area contributed by atoms with Crippen molar-refractivity contribution in [2.75, 3.05) is 0 Å². The molecule has 0 fully saturated rings. The average molecular weight is 391 g/mol. The Morgan fingerprint density at radius 1 is 1.11 bits per heavy atom. The fraction of sp³-hybridized carbons (Fsp3) is 0.625. The molecular weight excluding hydrogens is 366 g/mol. The SMILES string of the molecule is CC(NC(C)(C)CC(C)(C)C)c1ccc(Br)cc1Br. The van der Waals surface area contributed by atoms with Gasteiger partial charge in [0.25, 0.3) is 0 Å². The van der Waals surface area contributed by atoms with Gasteiger partial charge in [-0.2, -0.15) is 0 Å². The van der Waals surface area contributed by atoms with Crippen LogP contribution in [0.3, 0.4) is 0 Å². The molecule has 0 bridgehead atoms. The summed E-state index contributed by atoms with van der Waals surface area (Å²) in [5.41, 5.74) is 1.74. The number of hydrogen-bond donors (Lipinski definition) is 1. The fourth-order valence-corrected chi connectivity index (χ4v) is 4.28. The van der Waals surface area contributed by atoms with Crippen LogP contribution in [0.1, 0.15) is 59.6 Å². The minimum absolute atomic E-state index is 0.115. The quantitative estimate of drug-likeness (QED) is 0.656. The summed E-state index contributed by atoms with van der Waals surface area (Å²) in [6, 6.07) is 6.68. The second-order valence-corrected chi connectivity index (χ2v) is 8.92. The third kappa shape index (κ3) is 5.97. The second kappa shape index (κ2) is 6.28.